The summed E-state index contributed by atoms with van der Waals surface area (Å²) in [6, 6.07) is 2.40. The normalized spacial score (nSPS) is 11.8. The molecule has 12 heteroatoms. The highest BCUT2D eigenvalue weighted by Crippen LogP contribution is 2.41. The number of hydrogen-bond acceptors (Lipinski definition) is 8. The van der Waals surface area contributed by atoms with E-state index in [-0.39, 0.29) is 16.9 Å². The van der Waals surface area contributed by atoms with Gasteiger partial charge in [-0.2, -0.15) is 0 Å². The van der Waals surface area contributed by atoms with Crippen molar-refractivity contribution in [1.29, 1.82) is 5.41 Å². The summed E-state index contributed by atoms with van der Waals surface area (Å²) in [6.07, 6.45) is 2.24. The van der Waals surface area contributed by atoms with E-state index in [0.717, 1.165) is 60.2 Å². The van der Waals surface area contributed by atoms with E-state index >= 15 is 0 Å². The number of thiophene rings is 1. The second kappa shape index (κ2) is 15.0. The Balaban J connectivity index is 0.000000671. The Kier molecular flexibility index (Phi) is 12.8. The number of nitrogen functional groups attached to an aromatic ring is 1. The van der Waals surface area contributed by atoms with Crippen molar-refractivity contribution >= 4 is 51.4 Å². The molecule has 2 heterocycles. The molecule has 1 aliphatic rings. The molecule has 1 amide bonds. The molecular weight excluding hydrogens is 505 g/mol. The number of ether oxygens (including phenoxy) is 1. The van der Waals surface area contributed by atoms with Gasteiger partial charge in [0.25, 0.3) is 0 Å². The summed E-state index contributed by atoms with van der Waals surface area (Å²) >= 11 is 1.59. The molecule has 3 aromatic rings. The summed E-state index contributed by atoms with van der Waals surface area (Å²) < 4.78 is 42.7. The summed E-state index contributed by atoms with van der Waals surface area (Å²) in [4.78, 5) is 21.5. The molecule has 37 heavy (non-hydrogen) atoms. The molecule has 0 unspecified atom stereocenters. The lowest BCUT2D eigenvalue weighted by atomic mass is 9.97. The van der Waals surface area contributed by atoms with Gasteiger partial charge in [0, 0.05) is 42.5 Å². The van der Waals surface area contributed by atoms with Crippen molar-refractivity contribution < 1.29 is 22.7 Å². The Morgan fingerprint density at radius 1 is 1.14 bits per heavy atom. The van der Waals surface area contributed by atoms with Gasteiger partial charge in [-0.15, -0.1) is 24.5 Å². The zero-order valence-electron chi connectivity index (χ0n) is 22.0. The molecule has 0 fully saturated rings. The molecule has 1 aliphatic carbocycles. The molecule has 0 saturated carbocycles. The van der Waals surface area contributed by atoms with Gasteiger partial charge in [-0.05, 0) is 37.3 Å². The van der Waals surface area contributed by atoms with Crippen LogP contribution in [0.3, 0.4) is 0 Å². The van der Waals surface area contributed by atoms with Gasteiger partial charge in [0.05, 0.1) is 11.1 Å². The Morgan fingerprint density at radius 2 is 1.76 bits per heavy atom. The van der Waals surface area contributed by atoms with Gasteiger partial charge in [-0.3, -0.25) is 4.79 Å². The fourth-order valence-corrected chi connectivity index (χ4v) is 4.59. The zero-order valence-corrected chi connectivity index (χ0v) is 22.8. The third kappa shape index (κ3) is 8.88. The lowest BCUT2D eigenvalue weighted by Crippen LogP contribution is -2.18. The number of rotatable bonds is 5. The maximum atomic E-state index is 12.8. The Hall–Kier alpha value is -3.41. The van der Waals surface area contributed by atoms with E-state index in [4.69, 9.17) is 11.1 Å². The molecule has 0 radical (unpaired) electrons. The first-order valence-electron chi connectivity index (χ1n) is 12.0. The van der Waals surface area contributed by atoms with Crippen molar-refractivity contribution in [1.82, 2.24) is 14.9 Å². The topological polar surface area (TPSA) is 117 Å². The molecule has 1 aromatic carbocycles. The molecule has 204 valence electrons. The van der Waals surface area contributed by atoms with Crippen LogP contribution in [0.25, 0.3) is 10.2 Å². The summed E-state index contributed by atoms with van der Waals surface area (Å²) in [5, 5.41) is 11.2. The van der Waals surface area contributed by atoms with E-state index in [2.05, 4.69) is 20.0 Å². The fraction of sp³-hybridized carbons (Fsp3) is 0.440. The molecule has 8 nitrogen and oxygen atoms in total. The standard InChI is InChI=1S/C18H16F3N5OS.C3H7NO.2C2H6/c19-18(20,21)27-13-6-11(23)9(7-22)5-12(13)26-16-15-10-3-1-2-4-14(10)28-17(15)25-8-24-16;1-4(2)3-5;2*1-2/h5-8,22H,1-4,23H2,(H,24,25,26);3H,1-2H3;2*1-2H3. The summed E-state index contributed by atoms with van der Waals surface area (Å²) in [6.45, 7) is 8.00. The van der Waals surface area contributed by atoms with Crippen LogP contribution in [0.1, 0.15) is 56.5 Å². The number of anilines is 3. The molecule has 4 N–H and O–H groups in total. The quantitative estimate of drug-likeness (QED) is 0.192. The minimum atomic E-state index is -4.88. The lowest BCUT2D eigenvalue weighted by molar-refractivity contribution is -0.274. The van der Waals surface area contributed by atoms with E-state index in [1.54, 1.807) is 25.4 Å². The highest BCUT2D eigenvalue weighted by atomic mass is 32.1. The first kappa shape index (κ1) is 31.6. The average molecular weight is 541 g/mol. The summed E-state index contributed by atoms with van der Waals surface area (Å²) in [7, 11) is 3.38. The molecule has 2 aromatic heterocycles. The van der Waals surface area contributed by atoms with E-state index in [1.165, 1.54) is 22.2 Å². The number of nitrogens with two attached hydrogens (primary N) is 1. The first-order chi connectivity index (χ1) is 17.6. The van der Waals surface area contributed by atoms with Crippen LogP contribution in [-0.4, -0.2) is 48.0 Å². The number of aryl methyl sites for hydroxylation is 2. The number of amides is 1. The van der Waals surface area contributed by atoms with Gasteiger partial charge in [0.15, 0.2) is 5.75 Å². The average Bonchev–Trinajstić information content (AvgIpc) is 3.27. The number of halogens is 3. The van der Waals surface area contributed by atoms with Crippen molar-refractivity contribution in [3.05, 3.63) is 34.5 Å². The third-order valence-corrected chi connectivity index (χ3v) is 5.98. The van der Waals surface area contributed by atoms with Crippen molar-refractivity contribution in [2.45, 2.75) is 59.7 Å². The number of nitrogens with one attached hydrogen (secondary N) is 2. The second-order valence-electron chi connectivity index (χ2n) is 7.48. The van der Waals surface area contributed by atoms with Crippen LogP contribution in [0.15, 0.2) is 18.5 Å². The van der Waals surface area contributed by atoms with E-state index in [9.17, 15) is 18.0 Å². The maximum Gasteiger partial charge on any atom is 0.573 e. The van der Waals surface area contributed by atoms with Crippen LogP contribution >= 0.6 is 11.3 Å². The van der Waals surface area contributed by atoms with Crippen molar-refractivity contribution in [2.24, 2.45) is 0 Å². The van der Waals surface area contributed by atoms with Gasteiger partial charge < -0.3 is 26.1 Å². The molecule has 0 bridgehead atoms. The molecule has 4 rings (SSSR count). The second-order valence-corrected chi connectivity index (χ2v) is 8.56. The predicted octanol–water partition coefficient (Wildman–Crippen LogP) is 6.55. The molecular formula is C25H35F3N6O2S. The third-order valence-electron chi connectivity index (χ3n) is 4.78. The smallest absolute Gasteiger partial charge is 0.403 e. The molecule has 0 aliphatic heterocycles. The highest BCUT2D eigenvalue weighted by molar-refractivity contribution is 7.19. The van der Waals surface area contributed by atoms with Crippen LogP contribution in [0.5, 0.6) is 5.75 Å². The number of carbonyl (C=O) groups excluding carboxylic acids is 1. The highest BCUT2D eigenvalue weighted by Gasteiger charge is 2.33. The zero-order chi connectivity index (χ0) is 28.2. The van der Waals surface area contributed by atoms with Gasteiger partial charge in [-0.1, -0.05) is 27.7 Å². The Bertz CT molecular complexity index is 1170. The monoisotopic (exact) mass is 540 g/mol. The maximum absolute atomic E-state index is 12.8. The molecule has 0 saturated heterocycles. The fourth-order valence-electron chi connectivity index (χ4n) is 3.36. The Labute approximate surface area is 219 Å². The number of carbonyl (C=O) groups is 1. The van der Waals surface area contributed by atoms with Crippen LogP contribution in [0, 0.1) is 5.41 Å². The Morgan fingerprint density at radius 3 is 2.32 bits per heavy atom. The largest absolute Gasteiger partial charge is 0.573 e. The number of nitrogens with zero attached hydrogens (tertiary/aromatic N) is 3. The lowest BCUT2D eigenvalue weighted by Gasteiger charge is -2.17. The number of fused-ring (bicyclic) bond motifs is 3. The van der Waals surface area contributed by atoms with Gasteiger partial charge in [-0.25, -0.2) is 9.97 Å². The predicted molar refractivity (Wildman–Crippen MR) is 145 cm³/mol. The SMILES string of the molecule is CC.CC.CN(C)C=O.N=Cc1cc(Nc2ncnc3sc4c(c23)CCCC4)c(OC(F)(F)F)cc1N. The van der Waals surface area contributed by atoms with E-state index in [1.807, 2.05) is 27.7 Å². The van der Waals surface area contributed by atoms with Crippen molar-refractivity contribution in [3.8, 4) is 5.75 Å². The minimum Gasteiger partial charge on any atom is -0.403 e. The first-order valence-corrected chi connectivity index (χ1v) is 12.8. The minimum absolute atomic E-state index is 0.0144. The van der Waals surface area contributed by atoms with Crippen LogP contribution in [0.2, 0.25) is 0 Å². The van der Waals surface area contributed by atoms with Gasteiger partial charge in [0.1, 0.15) is 17.0 Å². The number of hydrogen-bond donors (Lipinski definition) is 3. The van der Waals surface area contributed by atoms with Gasteiger partial charge >= 0.3 is 6.36 Å². The summed E-state index contributed by atoms with van der Waals surface area (Å²) in [5.41, 5.74) is 7.19. The number of alkyl halides is 3. The number of benzene rings is 1. The molecule has 0 atom stereocenters. The van der Waals surface area contributed by atoms with Gasteiger partial charge in [0.2, 0.25) is 6.41 Å². The van der Waals surface area contributed by atoms with Crippen molar-refractivity contribution in [3.63, 3.8) is 0 Å². The van der Waals surface area contributed by atoms with E-state index in [0.29, 0.717) is 5.82 Å². The van der Waals surface area contributed by atoms with Crippen LogP contribution in [-0.2, 0) is 17.6 Å². The van der Waals surface area contributed by atoms with E-state index < -0.39 is 12.1 Å². The van der Waals surface area contributed by atoms with Crippen LogP contribution < -0.4 is 15.8 Å². The number of aromatic nitrogens is 2. The van der Waals surface area contributed by atoms with Crippen LogP contribution in [0.4, 0.5) is 30.4 Å². The van der Waals surface area contributed by atoms with Crippen molar-refractivity contribution in [2.75, 3.05) is 25.1 Å². The summed E-state index contributed by atoms with van der Waals surface area (Å²) in [5.74, 6) is -0.0661. The molecule has 0 spiro atoms.